The molecule has 2 amide bonds. The number of cyclic esters (lactones) is 1. The molecular formula is C56H53N5O7. The molecular weight excluding hydrogens is 855 g/mol. The molecule has 4 aliphatic rings. The standard InChI is InChI=1S/C56H53N5O7/c1-59(37-39-13-5-2-6-14-39)28-12-15-38-22-27-47-46(35-38)56(55(65)58-47)48(53(63)57-43-23-25-44(26-24-43)60-29-32-66-33-30-60)50-54(64)68-51(41-18-9-4-10-19-41)49(40-16-7-3-8-17-40)61(50)52(56)42-20-11-21-45(36-42)67-34-31-62/h2-11,13-14,16-27,35-36,48-52,62H,28-34,37H2,1H3,(H,57,63)(H,58,65)/t48-,49-,50-,51+,52+,56-/m0/s1. The maximum Gasteiger partial charge on any atom is 0.324 e. The number of nitrogens with zero attached hydrogens (tertiary/aromatic N) is 3. The van der Waals surface area contributed by atoms with E-state index in [0.717, 1.165) is 36.4 Å². The van der Waals surface area contributed by atoms with E-state index in [-0.39, 0.29) is 13.2 Å². The molecule has 0 unspecified atom stereocenters. The molecule has 344 valence electrons. The van der Waals surface area contributed by atoms with Crippen LogP contribution in [0.4, 0.5) is 17.1 Å². The molecule has 3 N–H and O–H groups in total. The minimum atomic E-state index is -1.73. The highest BCUT2D eigenvalue weighted by Crippen LogP contribution is 2.65. The maximum absolute atomic E-state index is 15.7. The molecule has 6 atom stereocenters. The van der Waals surface area contributed by atoms with Crippen LogP contribution in [0.5, 0.6) is 5.75 Å². The van der Waals surface area contributed by atoms with Gasteiger partial charge >= 0.3 is 5.97 Å². The van der Waals surface area contributed by atoms with E-state index in [4.69, 9.17) is 14.2 Å². The predicted molar refractivity (Wildman–Crippen MR) is 260 cm³/mol. The third-order valence-electron chi connectivity index (χ3n) is 13.5. The van der Waals surface area contributed by atoms with E-state index in [0.29, 0.717) is 53.6 Å². The predicted octanol–water partition coefficient (Wildman–Crippen LogP) is 7.29. The summed E-state index contributed by atoms with van der Waals surface area (Å²) in [6.45, 7) is 3.80. The van der Waals surface area contributed by atoms with E-state index < -0.39 is 53.3 Å². The van der Waals surface area contributed by atoms with Crippen LogP contribution in [0.1, 0.15) is 51.6 Å². The highest BCUT2D eigenvalue weighted by atomic mass is 16.6. The summed E-state index contributed by atoms with van der Waals surface area (Å²) in [4.78, 5) is 53.2. The third-order valence-corrected chi connectivity index (χ3v) is 13.5. The summed E-state index contributed by atoms with van der Waals surface area (Å²) >= 11 is 0. The van der Waals surface area contributed by atoms with E-state index in [1.165, 1.54) is 5.56 Å². The Hall–Kier alpha value is -7.27. The number of hydrogen-bond acceptors (Lipinski definition) is 10. The van der Waals surface area contributed by atoms with Crippen molar-refractivity contribution in [2.45, 2.75) is 36.2 Å². The zero-order chi connectivity index (χ0) is 46.6. The number of aliphatic hydroxyl groups is 1. The Balaban J connectivity index is 1.15. The number of anilines is 3. The van der Waals surface area contributed by atoms with Gasteiger partial charge in [0.1, 0.15) is 29.9 Å². The minimum absolute atomic E-state index is 0.0435. The second kappa shape index (κ2) is 19.5. The van der Waals surface area contributed by atoms with Gasteiger partial charge in [-0.05, 0) is 89.5 Å². The van der Waals surface area contributed by atoms with Gasteiger partial charge in [-0.3, -0.25) is 24.2 Å². The van der Waals surface area contributed by atoms with Gasteiger partial charge in [-0.2, -0.15) is 0 Å². The minimum Gasteiger partial charge on any atom is -0.491 e. The Labute approximate surface area is 396 Å². The number of nitrogens with one attached hydrogen (secondary N) is 2. The number of amides is 2. The molecule has 12 heteroatoms. The molecule has 0 radical (unpaired) electrons. The van der Waals surface area contributed by atoms with Crippen molar-refractivity contribution >= 4 is 34.8 Å². The van der Waals surface area contributed by atoms with Gasteiger partial charge in [0.25, 0.3) is 0 Å². The third kappa shape index (κ3) is 8.50. The van der Waals surface area contributed by atoms with Crippen molar-refractivity contribution in [3.8, 4) is 17.6 Å². The SMILES string of the molecule is CN(CC#Cc1ccc2c(c1)[C@]1(C(=O)N2)[C@H](C(=O)Nc2ccc(N3CCOCC3)cc2)[C@H]2C(=O)O[C@H](c3ccccc3)[C@H](c3ccccc3)N2[C@@H]1c1cccc(OCCO)c1)Cc1ccccc1. The summed E-state index contributed by atoms with van der Waals surface area (Å²) < 4.78 is 18.2. The summed E-state index contributed by atoms with van der Waals surface area (Å²) in [7, 11) is 2.02. The normalized spacial score (nSPS) is 23.0. The number of carbonyl (C=O) groups is 3. The molecule has 4 heterocycles. The van der Waals surface area contributed by atoms with Crippen molar-refractivity contribution in [3.05, 3.63) is 191 Å². The van der Waals surface area contributed by atoms with Gasteiger partial charge in [0, 0.05) is 42.3 Å². The van der Waals surface area contributed by atoms with Crippen LogP contribution in [0.3, 0.4) is 0 Å². The van der Waals surface area contributed by atoms with E-state index in [9.17, 15) is 5.11 Å². The van der Waals surface area contributed by atoms with Crippen molar-refractivity contribution in [2.75, 3.05) is 68.6 Å². The van der Waals surface area contributed by atoms with Crippen LogP contribution in [-0.2, 0) is 35.8 Å². The van der Waals surface area contributed by atoms with Gasteiger partial charge in [0.2, 0.25) is 11.8 Å². The van der Waals surface area contributed by atoms with Crippen molar-refractivity contribution in [2.24, 2.45) is 5.92 Å². The van der Waals surface area contributed by atoms with Crippen molar-refractivity contribution < 1.29 is 33.7 Å². The van der Waals surface area contributed by atoms with E-state index in [2.05, 4.69) is 49.3 Å². The summed E-state index contributed by atoms with van der Waals surface area (Å²) in [6, 6.07) is 47.4. The molecule has 10 rings (SSSR count). The summed E-state index contributed by atoms with van der Waals surface area (Å²) in [5.74, 6) is 4.26. The second-order valence-corrected chi connectivity index (χ2v) is 17.7. The van der Waals surface area contributed by atoms with Gasteiger partial charge in [-0.15, -0.1) is 0 Å². The zero-order valence-electron chi connectivity index (χ0n) is 37.8. The molecule has 0 bridgehead atoms. The molecule has 1 spiro atoms. The zero-order valence-corrected chi connectivity index (χ0v) is 37.8. The number of fused-ring (bicyclic) bond motifs is 3. The molecule has 4 aliphatic heterocycles. The Kier molecular flexibility index (Phi) is 12.8. The van der Waals surface area contributed by atoms with Gasteiger partial charge in [0.15, 0.2) is 0 Å². The molecule has 0 saturated carbocycles. The van der Waals surface area contributed by atoms with E-state index in [1.54, 1.807) is 6.07 Å². The first-order valence-corrected chi connectivity index (χ1v) is 23.2. The molecule has 3 saturated heterocycles. The van der Waals surface area contributed by atoms with E-state index >= 15 is 14.4 Å². The largest absolute Gasteiger partial charge is 0.491 e. The average Bonchev–Trinajstić information content (AvgIpc) is 3.86. The number of benzene rings is 6. The lowest BCUT2D eigenvalue weighted by atomic mass is 9.65. The number of carbonyl (C=O) groups excluding carboxylic acids is 3. The number of esters is 1. The van der Waals surface area contributed by atoms with Gasteiger partial charge in [-0.1, -0.05) is 115 Å². The number of morpholine rings is 2. The monoisotopic (exact) mass is 907 g/mol. The molecule has 68 heavy (non-hydrogen) atoms. The fourth-order valence-corrected chi connectivity index (χ4v) is 10.6. The lowest BCUT2D eigenvalue weighted by molar-refractivity contribution is -0.177. The fraction of sp³-hybridized carbons (Fsp3) is 0.268. The van der Waals surface area contributed by atoms with Crippen LogP contribution in [-0.4, -0.2) is 91.8 Å². The second-order valence-electron chi connectivity index (χ2n) is 17.7. The highest BCUT2D eigenvalue weighted by molar-refractivity contribution is 6.13. The Morgan fingerprint density at radius 3 is 2.24 bits per heavy atom. The van der Waals surface area contributed by atoms with E-state index in [1.807, 2.05) is 147 Å². The molecule has 0 aliphatic carbocycles. The smallest absolute Gasteiger partial charge is 0.324 e. The van der Waals surface area contributed by atoms with Crippen molar-refractivity contribution in [1.82, 2.24) is 9.80 Å². The summed E-state index contributed by atoms with van der Waals surface area (Å²) in [6.07, 6.45) is -0.820. The quantitative estimate of drug-likeness (QED) is 0.0850. The van der Waals surface area contributed by atoms with Crippen LogP contribution in [0.15, 0.2) is 158 Å². The molecule has 3 fully saturated rings. The van der Waals surface area contributed by atoms with Gasteiger partial charge in [-0.25, -0.2) is 0 Å². The molecule has 6 aromatic rings. The lowest BCUT2D eigenvalue weighted by Gasteiger charge is -2.46. The van der Waals surface area contributed by atoms with Crippen LogP contribution in [0, 0.1) is 17.8 Å². The van der Waals surface area contributed by atoms with Crippen LogP contribution in [0.25, 0.3) is 0 Å². The van der Waals surface area contributed by atoms with Crippen LogP contribution < -0.4 is 20.3 Å². The van der Waals surface area contributed by atoms with Crippen LogP contribution in [0.2, 0.25) is 0 Å². The average molecular weight is 908 g/mol. The van der Waals surface area contributed by atoms with Crippen molar-refractivity contribution in [3.63, 3.8) is 0 Å². The number of aliphatic hydroxyl groups excluding tert-OH is 1. The summed E-state index contributed by atoms with van der Waals surface area (Å²) in [5.41, 5.74) is 4.92. The first-order valence-electron chi connectivity index (χ1n) is 23.2. The molecule has 6 aromatic carbocycles. The molecule has 12 nitrogen and oxygen atoms in total. The first-order chi connectivity index (χ1) is 33.3. The number of hydrogen-bond donors (Lipinski definition) is 3. The maximum atomic E-state index is 15.7. The number of ether oxygens (including phenoxy) is 3. The lowest BCUT2D eigenvalue weighted by Crippen LogP contribution is -2.53. The van der Waals surface area contributed by atoms with Crippen LogP contribution >= 0.6 is 0 Å². The first kappa shape index (κ1) is 44.6. The van der Waals surface area contributed by atoms with Gasteiger partial charge < -0.3 is 34.9 Å². The Morgan fingerprint density at radius 1 is 0.824 bits per heavy atom. The highest BCUT2D eigenvalue weighted by Gasteiger charge is 2.74. The van der Waals surface area contributed by atoms with Gasteiger partial charge in [0.05, 0.1) is 44.4 Å². The summed E-state index contributed by atoms with van der Waals surface area (Å²) in [5, 5.41) is 16.1. The number of rotatable bonds is 12. The Morgan fingerprint density at radius 2 is 1.51 bits per heavy atom. The molecule has 0 aromatic heterocycles. The Bertz CT molecular complexity index is 2830. The topological polar surface area (TPSA) is 133 Å². The van der Waals surface area contributed by atoms with Crippen molar-refractivity contribution in [1.29, 1.82) is 0 Å². The fourth-order valence-electron chi connectivity index (χ4n) is 10.6.